The molecule has 1 amide bonds. The predicted octanol–water partition coefficient (Wildman–Crippen LogP) is 9.44. The molecule has 422 valence electrons. The fraction of sp³-hybridized carbons (Fsp3) is 0.879. The van der Waals surface area contributed by atoms with Crippen LogP contribution in [0.2, 0.25) is 0 Å². The normalized spacial score (nSPS) is 25.8. The zero-order valence-corrected chi connectivity index (χ0v) is 45.2. The van der Waals surface area contributed by atoms with E-state index in [1.54, 1.807) is 6.08 Å². The zero-order valence-electron chi connectivity index (χ0n) is 45.2. The van der Waals surface area contributed by atoms with Crippen molar-refractivity contribution in [3.63, 3.8) is 0 Å². The molecule has 2 aliphatic heterocycles. The Morgan fingerprint density at radius 2 is 0.889 bits per heavy atom. The van der Waals surface area contributed by atoms with Crippen molar-refractivity contribution in [2.24, 2.45) is 0 Å². The van der Waals surface area contributed by atoms with E-state index in [-0.39, 0.29) is 18.9 Å². The molecule has 12 atom stereocenters. The Morgan fingerprint density at radius 3 is 1.36 bits per heavy atom. The molecule has 0 aliphatic carbocycles. The minimum atomic E-state index is -1.79. The van der Waals surface area contributed by atoms with Crippen LogP contribution in [0.15, 0.2) is 36.5 Å². The summed E-state index contributed by atoms with van der Waals surface area (Å²) in [4.78, 5) is 13.1. The molecular weight excluding hydrogens is 919 g/mol. The van der Waals surface area contributed by atoms with Crippen LogP contribution in [0, 0.1) is 0 Å². The maximum atomic E-state index is 13.1. The van der Waals surface area contributed by atoms with Crippen molar-refractivity contribution in [2.45, 2.75) is 306 Å². The van der Waals surface area contributed by atoms with E-state index >= 15 is 0 Å². The molecule has 72 heavy (non-hydrogen) atoms. The number of unbranched alkanes of at least 4 members (excludes halogenated alkanes) is 29. The van der Waals surface area contributed by atoms with E-state index in [4.69, 9.17) is 18.9 Å². The van der Waals surface area contributed by atoms with Crippen LogP contribution in [0.5, 0.6) is 0 Å². The second-order valence-corrected chi connectivity index (χ2v) is 20.8. The number of aliphatic hydroxyl groups is 8. The zero-order chi connectivity index (χ0) is 52.4. The van der Waals surface area contributed by atoms with Crippen molar-refractivity contribution in [3.05, 3.63) is 36.5 Å². The van der Waals surface area contributed by atoms with Crippen molar-refractivity contribution in [1.29, 1.82) is 0 Å². The third kappa shape index (κ3) is 30.1. The Morgan fingerprint density at radius 1 is 0.486 bits per heavy atom. The Balaban J connectivity index is 1.66. The van der Waals surface area contributed by atoms with Gasteiger partial charge in [0.1, 0.15) is 48.8 Å². The molecule has 0 aromatic heterocycles. The molecule has 14 nitrogen and oxygen atoms in total. The summed E-state index contributed by atoms with van der Waals surface area (Å²) in [6.07, 6.45) is 36.8. The molecule has 0 radical (unpaired) electrons. The molecule has 14 heteroatoms. The minimum Gasteiger partial charge on any atom is -0.394 e. The molecule has 0 bridgehead atoms. The number of hydrogen-bond acceptors (Lipinski definition) is 13. The van der Waals surface area contributed by atoms with Crippen molar-refractivity contribution >= 4 is 5.91 Å². The van der Waals surface area contributed by atoms with E-state index in [1.165, 1.54) is 148 Å². The third-order valence-electron chi connectivity index (χ3n) is 14.3. The van der Waals surface area contributed by atoms with E-state index in [0.717, 1.165) is 51.4 Å². The van der Waals surface area contributed by atoms with Crippen LogP contribution >= 0.6 is 0 Å². The summed E-state index contributed by atoms with van der Waals surface area (Å²) in [7, 11) is 0. The van der Waals surface area contributed by atoms with Gasteiger partial charge in [-0.05, 0) is 44.9 Å². The molecule has 12 unspecified atom stereocenters. The maximum Gasteiger partial charge on any atom is 0.220 e. The first-order valence-electron chi connectivity index (χ1n) is 29.2. The maximum absolute atomic E-state index is 13.1. The number of ether oxygens (including phenoxy) is 4. The Bertz CT molecular complexity index is 1350. The number of aliphatic hydroxyl groups excluding tert-OH is 8. The van der Waals surface area contributed by atoms with Gasteiger partial charge < -0.3 is 65.1 Å². The van der Waals surface area contributed by atoms with Crippen molar-refractivity contribution in [2.75, 3.05) is 19.8 Å². The molecule has 2 heterocycles. The van der Waals surface area contributed by atoms with Gasteiger partial charge in [-0.3, -0.25) is 4.79 Å². The summed E-state index contributed by atoms with van der Waals surface area (Å²) in [6, 6.07) is -0.933. The number of carbonyl (C=O) groups is 1. The van der Waals surface area contributed by atoms with Gasteiger partial charge in [0, 0.05) is 6.42 Å². The van der Waals surface area contributed by atoms with Crippen LogP contribution in [0.3, 0.4) is 0 Å². The monoisotopic (exact) mass is 1030 g/mol. The molecule has 0 aromatic rings. The highest BCUT2D eigenvalue weighted by Crippen LogP contribution is 2.30. The number of allylic oxidation sites excluding steroid dienone is 5. The first-order chi connectivity index (χ1) is 35.1. The highest BCUT2D eigenvalue weighted by atomic mass is 16.7. The first-order valence-corrected chi connectivity index (χ1v) is 29.2. The predicted molar refractivity (Wildman–Crippen MR) is 286 cm³/mol. The Kier molecular flexibility index (Phi) is 40.9. The van der Waals surface area contributed by atoms with E-state index in [9.17, 15) is 45.6 Å². The van der Waals surface area contributed by atoms with Crippen LogP contribution in [-0.2, 0) is 23.7 Å². The van der Waals surface area contributed by atoms with Gasteiger partial charge in [-0.1, -0.05) is 217 Å². The van der Waals surface area contributed by atoms with E-state index in [2.05, 4.69) is 43.5 Å². The summed E-state index contributed by atoms with van der Waals surface area (Å²) in [5, 5.41) is 86.6. The van der Waals surface area contributed by atoms with Gasteiger partial charge in [-0.15, -0.1) is 0 Å². The Hall–Kier alpha value is -1.79. The molecule has 0 aromatic carbocycles. The third-order valence-corrected chi connectivity index (χ3v) is 14.3. The van der Waals surface area contributed by atoms with E-state index in [0.29, 0.717) is 12.8 Å². The van der Waals surface area contributed by atoms with Gasteiger partial charge >= 0.3 is 0 Å². The van der Waals surface area contributed by atoms with Gasteiger partial charge in [0.15, 0.2) is 12.6 Å². The Labute approximate surface area is 436 Å². The second kappa shape index (κ2) is 44.3. The molecule has 2 fully saturated rings. The lowest BCUT2D eigenvalue weighted by molar-refractivity contribution is -0.359. The second-order valence-electron chi connectivity index (χ2n) is 20.8. The SMILES string of the molecule is CCCCCCCCCCCCCCCCCCCCCCC/C=C/CC/C=C/CC/C=C/C(O)C(COC1OC(CO)C(OC2OC(CO)C(O)C(O)C2O)C(O)C1O)NC(=O)CCCCCCCCC. The molecule has 0 spiro atoms. The lowest BCUT2D eigenvalue weighted by Gasteiger charge is -2.46. The van der Waals surface area contributed by atoms with E-state index in [1.807, 2.05) is 6.08 Å². The number of nitrogens with one attached hydrogen (secondary N) is 1. The molecular formula is C58H107NO13. The molecule has 0 saturated carbocycles. The molecule has 2 aliphatic rings. The summed E-state index contributed by atoms with van der Waals surface area (Å²) in [6.45, 7) is 2.72. The van der Waals surface area contributed by atoms with Crippen LogP contribution in [-0.4, -0.2) is 140 Å². The summed E-state index contributed by atoms with van der Waals surface area (Å²) in [5.74, 6) is -0.260. The largest absolute Gasteiger partial charge is 0.394 e. The average molecular weight is 1030 g/mol. The lowest BCUT2D eigenvalue weighted by Crippen LogP contribution is -2.65. The fourth-order valence-corrected chi connectivity index (χ4v) is 9.56. The number of hydrogen-bond donors (Lipinski definition) is 9. The van der Waals surface area contributed by atoms with Gasteiger partial charge in [0.2, 0.25) is 5.91 Å². The average Bonchev–Trinajstić information content (AvgIpc) is 3.38. The van der Waals surface area contributed by atoms with Crippen molar-refractivity contribution in [3.8, 4) is 0 Å². The highest BCUT2D eigenvalue weighted by molar-refractivity contribution is 5.76. The highest BCUT2D eigenvalue weighted by Gasteiger charge is 2.51. The van der Waals surface area contributed by atoms with Gasteiger partial charge in [0.25, 0.3) is 0 Å². The lowest BCUT2D eigenvalue weighted by atomic mass is 9.97. The van der Waals surface area contributed by atoms with Crippen LogP contribution in [0.4, 0.5) is 0 Å². The van der Waals surface area contributed by atoms with Crippen LogP contribution in [0.1, 0.15) is 232 Å². The fourth-order valence-electron chi connectivity index (χ4n) is 9.56. The molecule has 2 rings (SSSR count). The summed E-state index contributed by atoms with van der Waals surface area (Å²) in [5.41, 5.74) is 0. The summed E-state index contributed by atoms with van der Waals surface area (Å²) >= 11 is 0. The van der Waals surface area contributed by atoms with Crippen LogP contribution in [0.25, 0.3) is 0 Å². The molecule has 2 saturated heterocycles. The molecule has 9 N–H and O–H groups in total. The quantitative estimate of drug-likeness (QED) is 0.0205. The minimum absolute atomic E-state index is 0.260. The van der Waals surface area contributed by atoms with Gasteiger partial charge in [-0.25, -0.2) is 0 Å². The van der Waals surface area contributed by atoms with Crippen molar-refractivity contribution < 1.29 is 64.6 Å². The number of rotatable bonds is 46. The summed E-state index contributed by atoms with van der Waals surface area (Å²) < 4.78 is 22.6. The van der Waals surface area contributed by atoms with Gasteiger partial charge in [-0.2, -0.15) is 0 Å². The number of carbonyl (C=O) groups excluding carboxylic acids is 1. The topological polar surface area (TPSA) is 228 Å². The number of amides is 1. The smallest absolute Gasteiger partial charge is 0.220 e. The first kappa shape index (κ1) is 66.3. The standard InChI is InChI=1S/C58H107NO13/c1-3-5-7-9-11-12-13-14-15-16-17-18-19-20-21-22-23-24-25-26-27-28-29-30-31-32-33-34-36-37-39-41-47(62)46(59-50(63)42-40-38-35-10-8-6-4-2)45-69-57-55(68)53(66)56(49(44-61)71-57)72-58-54(67)52(65)51(64)48(43-60)70-58/h29-30,33-34,39,41,46-49,51-58,60-62,64-68H,3-28,31-32,35-38,40,42-45H2,1-2H3,(H,59,63)/b30-29+,34-33+,41-39+. The van der Waals surface area contributed by atoms with Crippen molar-refractivity contribution in [1.82, 2.24) is 5.32 Å². The van der Waals surface area contributed by atoms with Gasteiger partial charge in [0.05, 0.1) is 32.0 Å². The van der Waals surface area contributed by atoms with Crippen LogP contribution < -0.4 is 5.32 Å². The van der Waals surface area contributed by atoms with E-state index < -0.39 is 86.8 Å².